The number of aliphatic imine (C=N–C) groups is 2. The van der Waals surface area contributed by atoms with Crippen molar-refractivity contribution in [2.45, 2.75) is 6.42 Å². The first-order valence-corrected chi connectivity index (χ1v) is 10.1. The van der Waals surface area contributed by atoms with E-state index < -0.39 is 4.65 Å². The number of aliphatic hydroxyl groups is 3. The summed E-state index contributed by atoms with van der Waals surface area (Å²) in [6.07, 6.45) is 7.78. The van der Waals surface area contributed by atoms with E-state index >= 15 is 0 Å². The topological polar surface area (TPSA) is 170 Å². The number of allylic oxidation sites excluding steroid dienone is 4. The Morgan fingerprint density at radius 3 is 2.13 bits per heavy atom. The van der Waals surface area contributed by atoms with Gasteiger partial charge in [0.2, 0.25) is 0 Å². The van der Waals surface area contributed by atoms with E-state index in [0.717, 1.165) is 5.71 Å². The molecule has 10 nitrogen and oxygen atoms in total. The number of hydroxylamine groups is 3. The predicted molar refractivity (Wildman–Crippen MR) is 123 cm³/mol. The van der Waals surface area contributed by atoms with Crippen LogP contribution in [0.4, 0.5) is 17.1 Å². The lowest BCUT2D eigenvalue weighted by Gasteiger charge is -2.41. The van der Waals surface area contributed by atoms with Crippen LogP contribution in [0.2, 0.25) is 0 Å². The molecule has 1 aromatic rings. The Hall–Kier alpha value is -2.76. The first-order chi connectivity index (χ1) is 14.9. The molecule has 0 aromatic heterocycles. The summed E-state index contributed by atoms with van der Waals surface area (Å²) in [4.78, 5) is 8.96. The maximum Gasteiger partial charge on any atom is 0.144 e. The normalized spacial score (nSPS) is 13.5. The third-order valence-corrected chi connectivity index (χ3v) is 4.64. The summed E-state index contributed by atoms with van der Waals surface area (Å²) in [7, 11) is 0. The van der Waals surface area contributed by atoms with Crippen molar-refractivity contribution in [1.29, 1.82) is 0 Å². The van der Waals surface area contributed by atoms with Crippen molar-refractivity contribution < 1.29 is 24.7 Å². The van der Waals surface area contributed by atoms with Gasteiger partial charge in [0, 0.05) is 19.0 Å². The van der Waals surface area contributed by atoms with E-state index in [4.69, 9.17) is 31.5 Å². The lowest BCUT2D eigenvalue weighted by Crippen LogP contribution is -2.47. The van der Waals surface area contributed by atoms with Gasteiger partial charge in [-0.3, -0.25) is 4.99 Å². The highest BCUT2D eigenvalue weighted by Crippen LogP contribution is 2.33. The molecule has 0 unspecified atom stereocenters. The molecule has 10 heteroatoms. The molecule has 0 fully saturated rings. The van der Waals surface area contributed by atoms with Gasteiger partial charge in [0.25, 0.3) is 0 Å². The first-order valence-electron chi connectivity index (χ1n) is 10.1. The zero-order chi connectivity index (χ0) is 22.7. The smallest absolute Gasteiger partial charge is 0.144 e. The number of ether oxygens (including phenoxy) is 1. The molecule has 7 N–H and O–H groups in total. The number of hydrogen-bond acceptors (Lipinski definition) is 9. The molecular weight excluding hydrogens is 402 g/mol. The Bertz CT molecular complexity index is 827. The zero-order valence-corrected chi connectivity index (χ0v) is 17.5. The molecular formula is C21H31N5O5. The van der Waals surface area contributed by atoms with Gasteiger partial charge in [-0.15, -0.1) is 0 Å². The van der Waals surface area contributed by atoms with Gasteiger partial charge in [0.15, 0.2) is 0 Å². The molecule has 0 atom stereocenters. The number of aliphatic hydroxyl groups excluding tert-OH is 3. The van der Waals surface area contributed by atoms with Crippen molar-refractivity contribution >= 4 is 28.5 Å². The van der Waals surface area contributed by atoms with Crippen molar-refractivity contribution in [2.24, 2.45) is 9.98 Å². The monoisotopic (exact) mass is 433 g/mol. The van der Waals surface area contributed by atoms with E-state index in [-0.39, 0.29) is 46.1 Å². The van der Waals surface area contributed by atoms with Gasteiger partial charge in [0.05, 0.1) is 54.9 Å². The number of rotatable bonds is 12. The SMILES string of the molecule is Nc1cc(N)c(OCCO)cc1N=C1C=CC(=NCCC[N+]([O-])(CCO)CCO)C=C1. The summed E-state index contributed by atoms with van der Waals surface area (Å²) in [5.74, 6) is 0.406. The average molecular weight is 434 g/mol. The number of quaternary nitrogens is 1. The second-order valence-corrected chi connectivity index (χ2v) is 7.06. The minimum absolute atomic E-state index is 0.0672. The van der Waals surface area contributed by atoms with E-state index in [2.05, 4.69) is 9.98 Å². The van der Waals surface area contributed by atoms with Crippen molar-refractivity contribution in [3.8, 4) is 5.75 Å². The van der Waals surface area contributed by atoms with Crippen molar-refractivity contribution in [2.75, 3.05) is 64.1 Å². The highest BCUT2D eigenvalue weighted by atomic mass is 16.5. The van der Waals surface area contributed by atoms with Crippen LogP contribution < -0.4 is 16.2 Å². The third kappa shape index (κ3) is 7.78. The van der Waals surface area contributed by atoms with Gasteiger partial charge in [-0.05, 0) is 30.4 Å². The summed E-state index contributed by atoms with van der Waals surface area (Å²) in [6.45, 7) is 0.462. The number of benzene rings is 1. The molecule has 0 amide bonds. The van der Waals surface area contributed by atoms with Crippen molar-refractivity contribution in [3.05, 3.63) is 41.6 Å². The molecule has 0 spiro atoms. The van der Waals surface area contributed by atoms with Gasteiger partial charge >= 0.3 is 0 Å². The van der Waals surface area contributed by atoms with E-state index in [9.17, 15) is 5.21 Å². The molecule has 2 rings (SSSR count). The van der Waals surface area contributed by atoms with Crippen LogP contribution in [0, 0.1) is 5.21 Å². The lowest BCUT2D eigenvalue weighted by atomic mass is 10.1. The molecule has 0 bridgehead atoms. The fourth-order valence-corrected chi connectivity index (χ4v) is 3.02. The van der Waals surface area contributed by atoms with E-state index in [1.165, 1.54) is 0 Å². The fraction of sp³-hybridized carbons (Fsp3) is 0.429. The molecule has 31 heavy (non-hydrogen) atoms. The molecule has 0 saturated carbocycles. The van der Waals surface area contributed by atoms with Crippen molar-refractivity contribution in [3.63, 3.8) is 0 Å². The van der Waals surface area contributed by atoms with E-state index in [1.54, 1.807) is 24.3 Å². The molecule has 1 aromatic carbocycles. The summed E-state index contributed by atoms with van der Waals surface area (Å²) >= 11 is 0. The Labute approximate surface area is 181 Å². The summed E-state index contributed by atoms with van der Waals surface area (Å²) in [6, 6.07) is 3.20. The Balaban J connectivity index is 1.97. The maximum atomic E-state index is 12.4. The molecule has 1 aliphatic rings. The van der Waals surface area contributed by atoms with Crippen LogP contribution in [-0.4, -0.2) is 84.0 Å². The molecule has 0 radical (unpaired) electrons. The van der Waals surface area contributed by atoms with Gasteiger partial charge in [0.1, 0.15) is 25.4 Å². The predicted octanol–water partition coefficient (Wildman–Crippen LogP) is 0.551. The summed E-state index contributed by atoms with van der Waals surface area (Å²) in [5.41, 5.74) is 14.6. The second kappa shape index (κ2) is 12.2. The summed E-state index contributed by atoms with van der Waals surface area (Å²) in [5, 5.41) is 39.3. The van der Waals surface area contributed by atoms with Gasteiger partial charge in [-0.25, -0.2) is 4.99 Å². The minimum Gasteiger partial charge on any atom is -0.633 e. The van der Waals surface area contributed by atoms with Gasteiger partial charge < -0.3 is 41.4 Å². The van der Waals surface area contributed by atoms with Crippen molar-refractivity contribution in [1.82, 2.24) is 0 Å². The summed E-state index contributed by atoms with van der Waals surface area (Å²) < 4.78 is 4.77. The van der Waals surface area contributed by atoms with Gasteiger partial charge in [-0.2, -0.15) is 0 Å². The average Bonchev–Trinajstić information content (AvgIpc) is 2.74. The van der Waals surface area contributed by atoms with E-state index in [0.29, 0.717) is 41.5 Å². The van der Waals surface area contributed by atoms with Crippen LogP contribution in [0.5, 0.6) is 5.75 Å². The van der Waals surface area contributed by atoms with Crippen LogP contribution in [0.1, 0.15) is 6.42 Å². The Morgan fingerprint density at radius 2 is 1.52 bits per heavy atom. The molecule has 0 heterocycles. The highest BCUT2D eigenvalue weighted by molar-refractivity contribution is 6.19. The van der Waals surface area contributed by atoms with Crippen LogP contribution >= 0.6 is 0 Å². The molecule has 0 aliphatic heterocycles. The fourth-order valence-electron chi connectivity index (χ4n) is 3.02. The van der Waals surface area contributed by atoms with Gasteiger partial charge in [-0.1, -0.05) is 0 Å². The zero-order valence-electron chi connectivity index (χ0n) is 17.5. The standard InChI is InChI=1S/C21H31N5O5/c22-18-14-19(23)21(31-13-12-29)15-20(18)25-17-4-2-16(3-5-17)24-6-1-7-26(30,8-10-27)9-11-28/h2-5,14-15,27-29H,1,6-13,22-23H2. The third-order valence-electron chi connectivity index (χ3n) is 4.64. The number of nitrogens with zero attached hydrogens (tertiary/aromatic N) is 3. The molecule has 170 valence electrons. The number of nitrogen functional groups attached to an aromatic ring is 2. The second-order valence-electron chi connectivity index (χ2n) is 7.06. The number of anilines is 2. The first kappa shape index (κ1) is 24.5. The molecule has 1 aliphatic carbocycles. The largest absolute Gasteiger partial charge is 0.633 e. The van der Waals surface area contributed by atoms with Crippen LogP contribution in [-0.2, 0) is 0 Å². The lowest BCUT2D eigenvalue weighted by molar-refractivity contribution is -0.881. The minimum atomic E-state index is -0.618. The quantitative estimate of drug-likeness (QED) is 0.105. The van der Waals surface area contributed by atoms with Crippen LogP contribution in [0.15, 0.2) is 46.4 Å². The Kier molecular flexibility index (Phi) is 9.63. The number of nitrogens with two attached hydrogens (primary N) is 2. The Morgan fingerprint density at radius 1 is 0.871 bits per heavy atom. The maximum absolute atomic E-state index is 12.4. The number of hydrogen-bond donors (Lipinski definition) is 5. The van der Waals surface area contributed by atoms with Crippen LogP contribution in [0.3, 0.4) is 0 Å². The van der Waals surface area contributed by atoms with Crippen LogP contribution in [0.25, 0.3) is 0 Å². The molecule has 0 saturated heterocycles. The van der Waals surface area contributed by atoms with E-state index in [1.807, 2.05) is 12.2 Å². The highest BCUT2D eigenvalue weighted by Gasteiger charge is 2.15.